The van der Waals surface area contributed by atoms with Gasteiger partial charge < -0.3 is 19.9 Å². The zero-order valence-corrected chi connectivity index (χ0v) is 20.8. The summed E-state index contributed by atoms with van der Waals surface area (Å²) in [6.07, 6.45) is 4.98. The molecule has 5 rings (SSSR count). The Bertz CT molecular complexity index is 1340. The summed E-state index contributed by atoms with van der Waals surface area (Å²) in [6.45, 7) is 4.46. The summed E-state index contributed by atoms with van der Waals surface area (Å²) in [5.41, 5.74) is 2.41. The SMILES string of the molecule is COC(=O)N[C@H](C(=O)N1CCCC1c1ncc(-n2ccc3c(-c4ccccc4)csc32)[nH]1)C(C)C. The summed E-state index contributed by atoms with van der Waals surface area (Å²) in [5.74, 6) is 1.44. The van der Waals surface area contributed by atoms with Crippen molar-refractivity contribution in [3.63, 3.8) is 0 Å². The number of H-pyrrole nitrogens is 1. The van der Waals surface area contributed by atoms with Crippen molar-refractivity contribution in [1.82, 2.24) is 24.8 Å². The van der Waals surface area contributed by atoms with Crippen LogP contribution in [0.5, 0.6) is 0 Å². The van der Waals surface area contributed by atoms with E-state index >= 15 is 0 Å². The Kier molecular flexibility index (Phi) is 6.34. The van der Waals surface area contributed by atoms with Crippen LogP contribution in [0, 0.1) is 5.92 Å². The number of amides is 2. The van der Waals surface area contributed by atoms with Crippen LogP contribution < -0.4 is 5.32 Å². The van der Waals surface area contributed by atoms with Crippen molar-refractivity contribution >= 4 is 33.6 Å². The zero-order chi connectivity index (χ0) is 24.5. The van der Waals surface area contributed by atoms with Crippen molar-refractivity contribution in [3.05, 3.63) is 60.0 Å². The van der Waals surface area contributed by atoms with E-state index in [1.54, 1.807) is 11.3 Å². The first-order valence-electron chi connectivity index (χ1n) is 11.8. The van der Waals surface area contributed by atoms with Crippen molar-refractivity contribution in [2.24, 2.45) is 5.92 Å². The molecule has 1 saturated heterocycles. The molecule has 1 fully saturated rings. The summed E-state index contributed by atoms with van der Waals surface area (Å²) in [6, 6.07) is 11.7. The molecule has 2 atom stereocenters. The first kappa shape index (κ1) is 23.2. The van der Waals surface area contributed by atoms with Gasteiger partial charge in [-0.1, -0.05) is 44.2 Å². The third-order valence-corrected chi connectivity index (χ3v) is 7.58. The minimum atomic E-state index is -0.649. The molecule has 4 aromatic rings. The molecule has 2 N–H and O–H groups in total. The lowest BCUT2D eigenvalue weighted by Gasteiger charge is -2.29. The second-order valence-corrected chi connectivity index (χ2v) is 9.98. The van der Waals surface area contributed by atoms with Gasteiger partial charge in [0.1, 0.15) is 22.5 Å². The Hall–Kier alpha value is -3.59. The highest BCUT2D eigenvalue weighted by molar-refractivity contribution is 7.17. The Morgan fingerprint density at radius 1 is 1.23 bits per heavy atom. The number of nitrogens with one attached hydrogen (secondary N) is 2. The number of benzene rings is 1. The van der Waals surface area contributed by atoms with E-state index in [4.69, 9.17) is 4.74 Å². The molecule has 1 aromatic carbocycles. The normalized spacial score (nSPS) is 16.7. The predicted molar refractivity (Wildman–Crippen MR) is 137 cm³/mol. The second-order valence-electron chi connectivity index (χ2n) is 9.12. The molecular weight excluding hydrogens is 462 g/mol. The number of methoxy groups -OCH3 is 1. The Labute approximate surface area is 207 Å². The van der Waals surface area contributed by atoms with Crippen molar-refractivity contribution in [3.8, 4) is 16.9 Å². The Morgan fingerprint density at radius 3 is 2.77 bits per heavy atom. The number of ether oxygens (including phenoxy) is 1. The number of aromatic nitrogens is 3. The van der Waals surface area contributed by atoms with Gasteiger partial charge in [-0.2, -0.15) is 0 Å². The summed E-state index contributed by atoms with van der Waals surface area (Å²) in [7, 11) is 1.30. The molecule has 2 amide bonds. The van der Waals surface area contributed by atoms with Gasteiger partial charge in [0, 0.05) is 29.1 Å². The molecule has 182 valence electrons. The molecule has 0 bridgehead atoms. The van der Waals surface area contributed by atoms with Gasteiger partial charge in [-0.3, -0.25) is 9.36 Å². The summed E-state index contributed by atoms with van der Waals surface area (Å²) in [5, 5.41) is 6.08. The lowest BCUT2D eigenvalue weighted by atomic mass is 10.0. The topological polar surface area (TPSA) is 92.2 Å². The molecular formula is C26H29N5O3S. The molecule has 0 aliphatic carbocycles. The van der Waals surface area contributed by atoms with E-state index in [1.807, 2.05) is 31.0 Å². The third-order valence-electron chi connectivity index (χ3n) is 6.59. The van der Waals surface area contributed by atoms with Crippen molar-refractivity contribution in [2.75, 3.05) is 13.7 Å². The first-order valence-corrected chi connectivity index (χ1v) is 12.7. The fourth-order valence-corrected chi connectivity index (χ4v) is 5.83. The molecule has 1 aliphatic heterocycles. The molecule has 8 nitrogen and oxygen atoms in total. The van der Waals surface area contributed by atoms with E-state index in [0.717, 1.165) is 29.3 Å². The molecule has 1 unspecified atom stereocenters. The first-order chi connectivity index (χ1) is 17.0. The Balaban J connectivity index is 1.40. The largest absolute Gasteiger partial charge is 0.453 e. The molecule has 1 aliphatic rings. The third kappa shape index (κ3) is 4.32. The van der Waals surface area contributed by atoms with Crippen molar-refractivity contribution < 1.29 is 14.3 Å². The number of aromatic amines is 1. The maximum Gasteiger partial charge on any atom is 0.407 e. The van der Waals surface area contributed by atoms with E-state index in [2.05, 4.69) is 61.8 Å². The van der Waals surface area contributed by atoms with Crippen LogP contribution in [0.2, 0.25) is 0 Å². The van der Waals surface area contributed by atoms with Gasteiger partial charge in [0.2, 0.25) is 5.91 Å². The standard InChI is InChI=1S/C26H29N5O3S/c1-16(2)22(29-26(33)34-3)24(32)30-12-7-10-20(30)23-27-14-21(28-23)31-13-11-18-19(15-35-25(18)31)17-8-5-4-6-9-17/h4-6,8-9,11,13-16,20,22H,7,10,12H2,1-3H3,(H,27,28)(H,29,33)/t20?,22-/m0/s1. The highest BCUT2D eigenvalue weighted by atomic mass is 32.1. The maximum atomic E-state index is 13.4. The number of carbonyl (C=O) groups excluding carboxylic acids is 2. The Morgan fingerprint density at radius 2 is 2.03 bits per heavy atom. The number of rotatable bonds is 6. The molecule has 35 heavy (non-hydrogen) atoms. The van der Waals surface area contributed by atoms with Crippen LogP contribution in [0.3, 0.4) is 0 Å². The molecule has 0 spiro atoms. The lowest BCUT2D eigenvalue weighted by Crippen LogP contribution is -2.51. The molecule has 0 radical (unpaired) electrons. The van der Waals surface area contributed by atoms with Gasteiger partial charge >= 0.3 is 6.09 Å². The summed E-state index contributed by atoms with van der Waals surface area (Å²) >= 11 is 1.70. The quantitative estimate of drug-likeness (QED) is 0.391. The second kappa shape index (κ2) is 9.58. The van der Waals surface area contributed by atoms with Gasteiger partial charge in [-0.25, -0.2) is 9.78 Å². The monoisotopic (exact) mass is 491 g/mol. The van der Waals surface area contributed by atoms with Crippen LogP contribution in [0.4, 0.5) is 4.79 Å². The van der Waals surface area contributed by atoms with Crippen LogP contribution in [0.25, 0.3) is 27.2 Å². The average molecular weight is 492 g/mol. The molecule has 0 saturated carbocycles. The van der Waals surface area contributed by atoms with Gasteiger partial charge in [0.05, 0.1) is 19.3 Å². The van der Waals surface area contributed by atoms with E-state index < -0.39 is 12.1 Å². The number of thiophene rings is 1. The maximum absolute atomic E-state index is 13.4. The summed E-state index contributed by atoms with van der Waals surface area (Å²) < 4.78 is 6.83. The van der Waals surface area contributed by atoms with E-state index in [1.165, 1.54) is 23.6 Å². The van der Waals surface area contributed by atoms with Gasteiger partial charge in [-0.05, 0) is 30.4 Å². The molecule has 3 aromatic heterocycles. The number of nitrogens with zero attached hydrogens (tertiary/aromatic N) is 3. The smallest absolute Gasteiger partial charge is 0.407 e. The lowest BCUT2D eigenvalue weighted by molar-refractivity contribution is -0.135. The number of hydrogen-bond donors (Lipinski definition) is 2. The van der Waals surface area contributed by atoms with E-state index in [-0.39, 0.29) is 17.9 Å². The average Bonchev–Trinajstić information content (AvgIpc) is 3.65. The number of hydrogen-bond acceptors (Lipinski definition) is 5. The number of fused-ring (bicyclic) bond motifs is 1. The number of alkyl carbamates (subject to hydrolysis) is 1. The molecule has 4 heterocycles. The van der Waals surface area contributed by atoms with Crippen molar-refractivity contribution in [1.29, 1.82) is 0 Å². The van der Waals surface area contributed by atoms with Crippen molar-refractivity contribution in [2.45, 2.75) is 38.8 Å². The fourth-order valence-electron chi connectivity index (χ4n) is 4.76. The van der Waals surface area contributed by atoms with Gasteiger partial charge in [0.15, 0.2) is 0 Å². The van der Waals surface area contributed by atoms with Crippen LogP contribution >= 0.6 is 11.3 Å². The highest BCUT2D eigenvalue weighted by Crippen LogP contribution is 2.37. The fraction of sp³-hybridized carbons (Fsp3) is 0.346. The van der Waals surface area contributed by atoms with E-state index in [0.29, 0.717) is 6.54 Å². The van der Waals surface area contributed by atoms with E-state index in [9.17, 15) is 9.59 Å². The summed E-state index contributed by atoms with van der Waals surface area (Å²) in [4.78, 5) is 36.3. The molecule has 9 heteroatoms. The minimum absolute atomic E-state index is 0.0687. The zero-order valence-electron chi connectivity index (χ0n) is 20.0. The van der Waals surface area contributed by atoms with Gasteiger partial charge in [-0.15, -0.1) is 11.3 Å². The van der Waals surface area contributed by atoms with Crippen LogP contribution in [-0.2, 0) is 9.53 Å². The highest BCUT2D eigenvalue weighted by Gasteiger charge is 2.37. The van der Waals surface area contributed by atoms with Crippen LogP contribution in [-0.4, -0.2) is 51.1 Å². The van der Waals surface area contributed by atoms with Gasteiger partial charge in [0.25, 0.3) is 0 Å². The number of carbonyl (C=O) groups is 2. The van der Waals surface area contributed by atoms with Crippen LogP contribution in [0.1, 0.15) is 38.6 Å². The van der Waals surface area contributed by atoms with Crippen LogP contribution in [0.15, 0.2) is 54.2 Å². The number of imidazole rings is 1. The minimum Gasteiger partial charge on any atom is -0.453 e. The predicted octanol–water partition coefficient (Wildman–Crippen LogP) is 5.13. The number of likely N-dealkylation sites (tertiary alicyclic amines) is 1.